The van der Waals surface area contributed by atoms with Crippen molar-refractivity contribution in [3.05, 3.63) is 60.3 Å². The van der Waals surface area contributed by atoms with E-state index in [-0.39, 0.29) is 4.90 Å². The Balaban J connectivity index is 1.41. The average molecular weight is 539 g/mol. The summed E-state index contributed by atoms with van der Waals surface area (Å²) in [6.45, 7) is 11.4. The highest BCUT2D eigenvalue weighted by atomic mass is 32.2. The van der Waals surface area contributed by atoms with Gasteiger partial charge in [-0.2, -0.15) is 9.29 Å². The first kappa shape index (κ1) is 27.8. The highest BCUT2D eigenvalue weighted by Crippen LogP contribution is 2.27. The fourth-order valence-corrected chi connectivity index (χ4v) is 5.64. The van der Waals surface area contributed by atoms with Gasteiger partial charge in [-0.05, 0) is 96.1 Å². The predicted octanol–water partition coefficient (Wildman–Crippen LogP) is 5.17. The molecule has 0 atom stereocenters. The summed E-state index contributed by atoms with van der Waals surface area (Å²) in [6, 6.07) is 14.5. The summed E-state index contributed by atoms with van der Waals surface area (Å²) in [5.74, 6) is 1.84. The van der Waals surface area contributed by atoms with E-state index in [1.165, 1.54) is 30.2 Å². The standard InChI is InChI=1S/C28H38N6O3S/c1-21-20-29-27(31-22-11-13-24(14-12-22)37-18-17-34-15-6-7-16-34)32-26(21)30-23-9-8-10-25(19-23)38(35,36)33(5)28(2,3)4/h8-14,19-20H,6-7,15-18H2,1-5H3,(H2,29,30,31,32). The number of aromatic nitrogens is 2. The van der Waals surface area contributed by atoms with E-state index in [4.69, 9.17) is 4.74 Å². The number of sulfonamides is 1. The van der Waals surface area contributed by atoms with E-state index in [0.29, 0.717) is 24.1 Å². The fraction of sp³-hybridized carbons (Fsp3) is 0.429. The minimum Gasteiger partial charge on any atom is -0.492 e. The molecule has 1 aromatic heterocycles. The zero-order chi connectivity index (χ0) is 27.3. The highest BCUT2D eigenvalue weighted by Gasteiger charge is 2.30. The molecule has 9 nitrogen and oxygen atoms in total. The van der Waals surface area contributed by atoms with Gasteiger partial charge in [-0.15, -0.1) is 0 Å². The molecule has 0 spiro atoms. The number of nitrogens with zero attached hydrogens (tertiary/aromatic N) is 4. The second kappa shape index (κ2) is 11.7. The molecule has 0 saturated carbocycles. The van der Waals surface area contributed by atoms with Crippen LogP contribution in [0.1, 0.15) is 39.2 Å². The molecule has 2 aromatic carbocycles. The van der Waals surface area contributed by atoms with E-state index in [9.17, 15) is 8.42 Å². The monoisotopic (exact) mass is 538 g/mol. The van der Waals surface area contributed by atoms with E-state index in [2.05, 4.69) is 25.5 Å². The molecule has 0 aliphatic carbocycles. The fourth-order valence-electron chi connectivity index (χ4n) is 4.08. The number of benzene rings is 2. The number of hydrogen-bond donors (Lipinski definition) is 2. The Labute approximate surface area is 226 Å². The van der Waals surface area contributed by atoms with Gasteiger partial charge in [0.25, 0.3) is 0 Å². The van der Waals surface area contributed by atoms with E-state index >= 15 is 0 Å². The maximum Gasteiger partial charge on any atom is 0.243 e. The lowest BCUT2D eigenvalue weighted by molar-refractivity contribution is 0.238. The third-order valence-corrected chi connectivity index (χ3v) is 8.78. The van der Waals surface area contributed by atoms with Crippen LogP contribution >= 0.6 is 0 Å². The number of nitrogens with one attached hydrogen (secondary N) is 2. The average Bonchev–Trinajstić information content (AvgIpc) is 3.40. The van der Waals surface area contributed by atoms with Gasteiger partial charge in [-0.25, -0.2) is 13.4 Å². The largest absolute Gasteiger partial charge is 0.492 e. The first-order valence-electron chi connectivity index (χ1n) is 12.9. The van der Waals surface area contributed by atoms with Gasteiger partial charge >= 0.3 is 0 Å². The predicted molar refractivity (Wildman–Crippen MR) is 152 cm³/mol. The first-order chi connectivity index (χ1) is 18.0. The van der Waals surface area contributed by atoms with Crippen LogP contribution in [0.5, 0.6) is 5.75 Å². The number of hydrogen-bond acceptors (Lipinski definition) is 8. The Kier molecular flexibility index (Phi) is 8.54. The molecule has 2 N–H and O–H groups in total. The summed E-state index contributed by atoms with van der Waals surface area (Å²) in [7, 11) is -2.06. The van der Waals surface area contributed by atoms with E-state index in [1.807, 2.05) is 58.0 Å². The summed E-state index contributed by atoms with van der Waals surface area (Å²) in [5, 5.41) is 6.47. The molecule has 1 aliphatic heterocycles. The molecule has 0 amide bonds. The molecular weight excluding hydrogens is 500 g/mol. The molecule has 0 unspecified atom stereocenters. The van der Waals surface area contributed by atoms with Crippen LogP contribution in [0.25, 0.3) is 0 Å². The van der Waals surface area contributed by atoms with Crippen molar-refractivity contribution in [2.24, 2.45) is 0 Å². The van der Waals surface area contributed by atoms with Gasteiger partial charge in [-0.1, -0.05) is 6.07 Å². The summed E-state index contributed by atoms with van der Waals surface area (Å²) >= 11 is 0. The van der Waals surface area contributed by atoms with Crippen molar-refractivity contribution in [3.8, 4) is 5.75 Å². The molecule has 4 rings (SSSR count). The van der Waals surface area contributed by atoms with Gasteiger partial charge < -0.3 is 15.4 Å². The third kappa shape index (κ3) is 7.00. The molecule has 2 heterocycles. The zero-order valence-corrected chi connectivity index (χ0v) is 23.7. The summed E-state index contributed by atoms with van der Waals surface area (Å²) in [5.41, 5.74) is 1.75. The molecule has 10 heteroatoms. The second-order valence-corrected chi connectivity index (χ2v) is 12.5. The van der Waals surface area contributed by atoms with E-state index < -0.39 is 15.6 Å². The lowest BCUT2D eigenvalue weighted by Crippen LogP contribution is -2.42. The number of ether oxygens (including phenoxy) is 1. The third-order valence-electron chi connectivity index (χ3n) is 6.66. The molecule has 1 fully saturated rings. The number of aryl methyl sites for hydroxylation is 1. The minimum atomic E-state index is -3.65. The van der Waals surface area contributed by atoms with E-state index in [1.54, 1.807) is 31.4 Å². The van der Waals surface area contributed by atoms with Crippen molar-refractivity contribution in [1.29, 1.82) is 0 Å². The molecular formula is C28H38N6O3S. The van der Waals surface area contributed by atoms with Crippen molar-refractivity contribution in [2.45, 2.75) is 51.0 Å². The maximum absolute atomic E-state index is 13.1. The van der Waals surface area contributed by atoms with Crippen molar-refractivity contribution < 1.29 is 13.2 Å². The topological polar surface area (TPSA) is 99.7 Å². The quantitative estimate of drug-likeness (QED) is 0.365. The van der Waals surface area contributed by atoms with Crippen molar-refractivity contribution in [2.75, 3.05) is 43.9 Å². The van der Waals surface area contributed by atoms with Gasteiger partial charge in [0.2, 0.25) is 16.0 Å². The lowest BCUT2D eigenvalue weighted by Gasteiger charge is -2.31. The van der Waals surface area contributed by atoms with Gasteiger partial charge in [0.05, 0.1) is 4.90 Å². The van der Waals surface area contributed by atoms with Gasteiger partial charge in [0.15, 0.2) is 0 Å². The molecule has 3 aromatic rings. The Hall–Kier alpha value is -3.21. The Bertz CT molecular complexity index is 1330. The van der Waals surface area contributed by atoms with Crippen LogP contribution in [-0.4, -0.2) is 66.4 Å². The van der Waals surface area contributed by atoms with Crippen LogP contribution in [0.3, 0.4) is 0 Å². The Morgan fingerprint density at radius 2 is 1.74 bits per heavy atom. The van der Waals surface area contributed by atoms with Crippen molar-refractivity contribution in [1.82, 2.24) is 19.2 Å². The van der Waals surface area contributed by atoms with Crippen LogP contribution in [0, 0.1) is 6.92 Å². The number of rotatable bonds is 10. The molecule has 38 heavy (non-hydrogen) atoms. The minimum absolute atomic E-state index is 0.215. The van der Waals surface area contributed by atoms with Crippen molar-refractivity contribution >= 4 is 33.2 Å². The van der Waals surface area contributed by atoms with Crippen LogP contribution < -0.4 is 15.4 Å². The SMILES string of the molecule is Cc1cnc(Nc2ccc(OCCN3CCCC3)cc2)nc1Nc1cccc(S(=O)(=O)N(C)C(C)(C)C)c1. The zero-order valence-electron chi connectivity index (χ0n) is 22.9. The van der Waals surface area contributed by atoms with Crippen molar-refractivity contribution in [3.63, 3.8) is 0 Å². The molecule has 0 radical (unpaired) electrons. The summed E-state index contributed by atoms with van der Waals surface area (Å²) in [4.78, 5) is 11.7. The molecule has 0 bridgehead atoms. The normalized spacial score (nSPS) is 14.6. The summed E-state index contributed by atoms with van der Waals surface area (Å²) in [6.07, 6.45) is 4.28. The van der Waals surface area contributed by atoms with Gasteiger partial charge in [-0.3, -0.25) is 4.90 Å². The van der Waals surface area contributed by atoms with Crippen LogP contribution in [0.15, 0.2) is 59.6 Å². The highest BCUT2D eigenvalue weighted by molar-refractivity contribution is 7.89. The van der Waals surface area contributed by atoms with Gasteiger partial charge in [0.1, 0.15) is 18.2 Å². The van der Waals surface area contributed by atoms with Crippen LogP contribution in [-0.2, 0) is 10.0 Å². The second-order valence-electron chi connectivity index (χ2n) is 10.6. The van der Waals surface area contributed by atoms with Gasteiger partial charge in [0, 0.05) is 42.3 Å². The first-order valence-corrected chi connectivity index (χ1v) is 14.4. The summed E-state index contributed by atoms with van der Waals surface area (Å²) < 4.78 is 33.5. The molecule has 1 aliphatic rings. The smallest absolute Gasteiger partial charge is 0.243 e. The molecule has 204 valence electrons. The lowest BCUT2D eigenvalue weighted by atomic mass is 10.1. The van der Waals surface area contributed by atoms with Crippen LogP contribution in [0.2, 0.25) is 0 Å². The number of likely N-dealkylation sites (tertiary alicyclic amines) is 1. The number of anilines is 4. The Morgan fingerprint density at radius 1 is 1.03 bits per heavy atom. The Morgan fingerprint density at radius 3 is 2.42 bits per heavy atom. The van der Waals surface area contributed by atoms with Crippen LogP contribution in [0.4, 0.5) is 23.1 Å². The molecule has 1 saturated heterocycles. The van der Waals surface area contributed by atoms with E-state index in [0.717, 1.165) is 23.5 Å². The maximum atomic E-state index is 13.1.